The number of anilines is 6. The number of benzene rings is 6. The summed E-state index contributed by atoms with van der Waals surface area (Å²) in [6.45, 7) is 0. The predicted octanol–water partition coefficient (Wildman–Crippen LogP) is 10.3. The van der Waals surface area contributed by atoms with Crippen LogP contribution in [0.3, 0.4) is 0 Å². The van der Waals surface area contributed by atoms with E-state index < -0.39 is 0 Å². The van der Waals surface area contributed by atoms with E-state index in [0.29, 0.717) is 29.4 Å². The van der Waals surface area contributed by atoms with Crippen molar-refractivity contribution in [1.82, 2.24) is 0 Å². The van der Waals surface area contributed by atoms with Gasteiger partial charge in [0.05, 0.1) is 68.3 Å². The van der Waals surface area contributed by atoms with Crippen LogP contribution < -0.4 is 47.7 Å². The van der Waals surface area contributed by atoms with Crippen LogP contribution in [0.4, 0.5) is 34.1 Å². The van der Waals surface area contributed by atoms with E-state index in [9.17, 15) is 0 Å². The predicted molar refractivity (Wildman–Crippen MR) is 217 cm³/mol. The first-order chi connectivity index (χ1) is 26.9. The van der Waals surface area contributed by atoms with Gasteiger partial charge in [-0.25, -0.2) is 0 Å². The van der Waals surface area contributed by atoms with Gasteiger partial charge in [-0.3, -0.25) is 0 Å². The third-order valence-electron chi connectivity index (χ3n) is 9.39. The van der Waals surface area contributed by atoms with Crippen molar-refractivity contribution in [2.45, 2.75) is 6.42 Å². The van der Waals surface area contributed by atoms with Crippen molar-refractivity contribution in [2.75, 3.05) is 66.7 Å². The number of ether oxygens (including phenoxy) is 8. The van der Waals surface area contributed by atoms with E-state index in [4.69, 9.17) is 37.9 Å². The van der Waals surface area contributed by atoms with Gasteiger partial charge < -0.3 is 47.7 Å². The Kier molecular flexibility index (Phi) is 12.1. The molecule has 0 spiro atoms. The number of nitrogens with zero attached hydrogens (tertiary/aromatic N) is 2. The summed E-state index contributed by atoms with van der Waals surface area (Å²) in [7, 11) is 13.3. The molecular formula is C45H46N2O8. The molecule has 0 aliphatic heterocycles. The van der Waals surface area contributed by atoms with Crippen LogP contribution in [-0.2, 0) is 6.42 Å². The minimum Gasteiger partial charge on any atom is -0.497 e. The van der Waals surface area contributed by atoms with Gasteiger partial charge in [0.1, 0.15) is 46.0 Å². The van der Waals surface area contributed by atoms with Gasteiger partial charge >= 0.3 is 0 Å². The van der Waals surface area contributed by atoms with Gasteiger partial charge in [0.2, 0.25) is 0 Å². The number of hydrogen-bond donors (Lipinski definition) is 0. The number of hydrogen-bond acceptors (Lipinski definition) is 10. The lowest BCUT2D eigenvalue weighted by molar-refractivity contribution is 0.388. The molecule has 0 unspecified atom stereocenters. The average Bonchev–Trinajstić information content (AvgIpc) is 3.25. The molecule has 10 nitrogen and oxygen atoms in total. The summed E-state index contributed by atoms with van der Waals surface area (Å²) < 4.78 is 46.2. The zero-order valence-corrected chi connectivity index (χ0v) is 32.4. The summed E-state index contributed by atoms with van der Waals surface area (Å²) in [6, 6.07) is 39.5. The van der Waals surface area contributed by atoms with Crippen molar-refractivity contribution in [3.05, 3.63) is 132 Å². The van der Waals surface area contributed by atoms with Crippen molar-refractivity contribution >= 4 is 34.1 Å². The fourth-order valence-corrected chi connectivity index (χ4v) is 6.52. The zero-order valence-electron chi connectivity index (χ0n) is 32.4. The molecule has 0 aromatic heterocycles. The lowest BCUT2D eigenvalue weighted by Crippen LogP contribution is -2.16. The smallest absolute Gasteiger partial charge is 0.128 e. The van der Waals surface area contributed by atoms with Gasteiger partial charge in [0.15, 0.2) is 0 Å². The molecule has 6 aromatic rings. The van der Waals surface area contributed by atoms with Crippen LogP contribution in [0.1, 0.15) is 11.1 Å². The molecule has 0 atom stereocenters. The van der Waals surface area contributed by atoms with E-state index >= 15 is 0 Å². The van der Waals surface area contributed by atoms with Gasteiger partial charge in [0.25, 0.3) is 0 Å². The average molecular weight is 743 g/mol. The molecule has 10 heteroatoms. The quantitative estimate of drug-likeness (QED) is 0.0956. The Balaban J connectivity index is 1.63. The van der Waals surface area contributed by atoms with Gasteiger partial charge in [-0.15, -0.1) is 0 Å². The third kappa shape index (κ3) is 8.13. The van der Waals surface area contributed by atoms with Crippen LogP contribution in [0.25, 0.3) is 0 Å². The molecule has 0 saturated carbocycles. The summed E-state index contributed by atoms with van der Waals surface area (Å²) in [5.74, 6) is 5.48. The highest BCUT2D eigenvalue weighted by Gasteiger charge is 2.27. The lowest BCUT2D eigenvalue weighted by atomic mass is 9.96. The first kappa shape index (κ1) is 38.1. The molecule has 0 radical (unpaired) electrons. The second-order valence-corrected chi connectivity index (χ2v) is 12.3. The second-order valence-electron chi connectivity index (χ2n) is 12.3. The first-order valence-electron chi connectivity index (χ1n) is 17.5. The van der Waals surface area contributed by atoms with Crippen LogP contribution in [0.5, 0.6) is 46.0 Å². The standard InChI is InChI=1S/C45H46N2O8/c1-48-34-17-9-30(10-18-34)46(31-11-19-35(49-2)20-12-31)42-25-38(52-5)27-44(54-7)40(42)29-41-43(26-39(53-6)28-45(41)55-8)47(32-13-21-36(50-3)22-14-32)33-15-23-37(51-4)24-16-33/h9-28H,29H2,1-8H3. The molecule has 0 aliphatic carbocycles. The summed E-state index contributed by atoms with van der Waals surface area (Å²) in [4.78, 5) is 4.33. The highest BCUT2D eigenvalue weighted by atomic mass is 16.5. The van der Waals surface area contributed by atoms with E-state index in [1.807, 2.05) is 121 Å². The molecule has 6 aromatic carbocycles. The maximum absolute atomic E-state index is 6.18. The van der Waals surface area contributed by atoms with Gasteiger partial charge in [-0.2, -0.15) is 0 Å². The topological polar surface area (TPSA) is 80.3 Å². The maximum Gasteiger partial charge on any atom is 0.128 e. The van der Waals surface area contributed by atoms with E-state index in [0.717, 1.165) is 68.2 Å². The highest BCUT2D eigenvalue weighted by molar-refractivity contribution is 5.85. The van der Waals surface area contributed by atoms with E-state index in [1.165, 1.54) is 0 Å². The van der Waals surface area contributed by atoms with Crippen LogP contribution in [0, 0.1) is 0 Å². The lowest BCUT2D eigenvalue weighted by Gasteiger charge is -2.31. The molecule has 284 valence electrons. The molecular weight excluding hydrogens is 697 g/mol. The molecule has 0 amide bonds. The van der Waals surface area contributed by atoms with Crippen LogP contribution in [0.2, 0.25) is 0 Å². The molecule has 0 heterocycles. The molecule has 6 rings (SSSR count). The Morgan fingerprint density at radius 3 is 0.782 bits per heavy atom. The first-order valence-corrected chi connectivity index (χ1v) is 17.5. The fourth-order valence-electron chi connectivity index (χ4n) is 6.52. The monoisotopic (exact) mass is 742 g/mol. The van der Waals surface area contributed by atoms with Crippen molar-refractivity contribution in [3.8, 4) is 46.0 Å². The summed E-state index contributed by atoms with van der Waals surface area (Å²) in [6.07, 6.45) is 0.372. The van der Waals surface area contributed by atoms with Crippen molar-refractivity contribution < 1.29 is 37.9 Å². The summed E-state index contributed by atoms with van der Waals surface area (Å²) in [5, 5.41) is 0. The summed E-state index contributed by atoms with van der Waals surface area (Å²) in [5.41, 5.74) is 6.98. The third-order valence-corrected chi connectivity index (χ3v) is 9.39. The van der Waals surface area contributed by atoms with Crippen molar-refractivity contribution in [2.24, 2.45) is 0 Å². The Morgan fingerprint density at radius 2 is 0.564 bits per heavy atom. The molecule has 0 saturated heterocycles. The zero-order chi connectivity index (χ0) is 38.9. The minimum absolute atomic E-state index is 0.372. The van der Waals surface area contributed by atoms with Gasteiger partial charge in [-0.1, -0.05) is 0 Å². The largest absolute Gasteiger partial charge is 0.497 e. The Morgan fingerprint density at radius 1 is 0.309 bits per heavy atom. The minimum atomic E-state index is 0.372. The van der Waals surface area contributed by atoms with Gasteiger partial charge in [0, 0.05) is 64.6 Å². The normalized spacial score (nSPS) is 10.6. The molecule has 0 aliphatic rings. The van der Waals surface area contributed by atoms with Gasteiger partial charge in [-0.05, 0) is 97.1 Å². The Labute approximate surface area is 322 Å². The summed E-state index contributed by atoms with van der Waals surface area (Å²) >= 11 is 0. The highest BCUT2D eigenvalue weighted by Crippen LogP contribution is 2.48. The van der Waals surface area contributed by atoms with Crippen molar-refractivity contribution in [3.63, 3.8) is 0 Å². The van der Waals surface area contributed by atoms with Crippen LogP contribution in [-0.4, -0.2) is 56.9 Å². The molecule has 0 fully saturated rings. The van der Waals surface area contributed by atoms with E-state index in [2.05, 4.69) is 9.80 Å². The maximum atomic E-state index is 6.18. The molecule has 0 bridgehead atoms. The van der Waals surface area contributed by atoms with Crippen LogP contribution in [0.15, 0.2) is 121 Å². The van der Waals surface area contributed by atoms with E-state index in [1.54, 1.807) is 56.9 Å². The Bertz CT molecular complexity index is 1920. The van der Waals surface area contributed by atoms with Crippen LogP contribution >= 0.6 is 0 Å². The molecule has 0 N–H and O–H groups in total. The van der Waals surface area contributed by atoms with Crippen molar-refractivity contribution in [1.29, 1.82) is 0 Å². The Hall–Kier alpha value is -6.68. The number of methoxy groups -OCH3 is 8. The van der Waals surface area contributed by atoms with E-state index in [-0.39, 0.29) is 0 Å². The fraction of sp³-hybridized carbons (Fsp3) is 0.200. The SMILES string of the molecule is COc1ccc(N(c2ccc(OC)cc2)c2cc(OC)cc(OC)c2Cc2c(OC)cc(OC)cc2N(c2ccc(OC)cc2)c2ccc(OC)cc2)cc1. The molecule has 55 heavy (non-hydrogen) atoms. The number of rotatable bonds is 16. The second kappa shape index (κ2) is 17.4.